The number of pyridine rings is 1. The van der Waals surface area contributed by atoms with Crippen molar-refractivity contribution in [3.8, 4) is 17.3 Å². The zero-order valence-corrected chi connectivity index (χ0v) is 37.1. The summed E-state index contributed by atoms with van der Waals surface area (Å²) < 4.78 is 8.77. The van der Waals surface area contributed by atoms with Gasteiger partial charge in [0.2, 0.25) is 0 Å². The van der Waals surface area contributed by atoms with Crippen LogP contribution in [0.25, 0.3) is 33.3 Å². The van der Waals surface area contributed by atoms with E-state index >= 15 is 0 Å². The van der Waals surface area contributed by atoms with Gasteiger partial charge in [-0.15, -0.1) is 35.7 Å². The predicted octanol–water partition coefficient (Wildman–Crippen LogP) is 13.2. The number of fused-ring (bicyclic) bond motifs is 3. The SMILES string of the molecule is CC(C)(C)c1cc(N2CN(c3[c-]c(Oc4[c-]c5c(cc4)c4ccccc4n5-c4cc(C(C)(C)C)ccn4)ccc3)C=C2c2ccccc2)cc(C(C)(C)C)c1.[CH3-].[Pt]. The Hall–Kier alpha value is -5.12. The molecule has 0 aliphatic carbocycles. The smallest absolute Gasteiger partial charge is 0.135 e. The molecule has 7 aromatic rings. The standard InChI is InChI=1S/C50H50N4O.CH3.Pt/c1-48(2,3)35-24-25-51-47(29-35)54-44-21-14-13-20-42(44)43-23-22-41(31-45(43)54)55-40-19-15-18-38(30-40)52-32-46(34-16-11-10-12-17-34)53(33-52)39-27-36(49(4,5)6)26-37(28-39)50(7,8)9;;/h10-29,32H,33H2,1-9H3;1H3;/q-2;-1;. The average Bonchev–Trinajstić information content (AvgIpc) is 3.74. The average molecular weight is 933 g/mol. The molecular weight excluding hydrogens is 880 g/mol. The molecule has 1 aliphatic heterocycles. The molecule has 6 heteroatoms. The molecule has 3 heterocycles. The van der Waals surface area contributed by atoms with E-state index in [4.69, 9.17) is 9.72 Å². The Morgan fingerprint density at radius 1 is 0.614 bits per heavy atom. The molecule has 0 saturated heterocycles. The molecule has 296 valence electrons. The fourth-order valence-corrected chi connectivity index (χ4v) is 7.29. The van der Waals surface area contributed by atoms with E-state index in [0.717, 1.165) is 44.6 Å². The second kappa shape index (κ2) is 15.7. The summed E-state index contributed by atoms with van der Waals surface area (Å²) in [6.45, 7) is 21.1. The van der Waals surface area contributed by atoms with Gasteiger partial charge >= 0.3 is 0 Å². The normalized spacial score (nSPS) is 13.4. The van der Waals surface area contributed by atoms with E-state index in [0.29, 0.717) is 18.2 Å². The van der Waals surface area contributed by atoms with Crippen LogP contribution < -0.4 is 14.5 Å². The number of ether oxygens (including phenoxy) is 1. The maximum atomic E-state index is 6.58. The van der Waals surface area contributed by atoms with Crippen molar-refractivity contribution in [3.05, 3.63) is 169 Å². The van der Waals surface area contributed by atoms with Crippen molar-refractivity contribution in [1.29, 1.82) is 0 Å². The summed E-state index contributed by atoms with van der Waals surface area (Å²) in [6.07, 6.45) is 4.14. The molecule has 2 aromatic heterocycles. The molecule has 0 spiro atoms. The summed E-state index contributed by atoms with van der Waals surface area (Å²) in [5.41, 5.74) is 10.3. The van der Waals surface area contributed by atoms with Crippen LogP contribution in [0.15, 0.2) is 128 Å². The molecule has 0 atom stereocenters. The maximum Gasteiger partial charge on any atom is 0.135 e. The number of hydrogen-bond acceptors (Lipinski definition) is 4. The molecule has 57 heavy (non-hydrogen) atoms. The third-order valence-corrected chi connectivity index (χ3v) is 10.6. The Bertz CT molecular complexity index is 2530. The van der Waals surface area contributed by atoms with Gasteiger partial charge in [-0.25, -0.2) is 4.98 Å². The summed E-state index contributed by atoms with van der Waals surface area (Å²) in [5, 5.41) is 2.25. The first-order chi connectivity index (χ1) is 26.1. The molecule has 0 amide bonds. The number of hydrogen-bond donors (Lipinski definition) is 0. The minimum absolute atomic E-state index is 0. The molecule has 0 radical (unpaired) electrons. The second-order valence-corrected chi connectivity index (χ2v) is 17.8. The molecule has 0 saturated carbocycles. The van der Waals surface area contributed by atoms with E-state index in [2.05, 4.69) is 192 Å². The van der Waals surface area contributed by atoms with E-state index < -0.39 is 0 Å². The number of anilines is 2. The van der Waals surface area contributed by atoms with E-state index in [1.807, 2.05) is 24.4 Å². The van der Waals surface area contributed by atoms with E-state index in [1.165, 1.54) is 22.4 Å². The first-order valence-electron chi connectivity index (χ1n) is 19.2. The molecule has 0 N–H and O–H groups in total. The molecule has 1 aliphatic rings. The van der Waals surface area contributed by atoms with Crippen LogP contribution in [-0.4, -0.2) is 16.2 Å². The van der Waals surface area contributed by atoms with Crippen molar-refractivity contribution < 1.29 is 25.8 Å². The van der Waals surface area contributed by atoms with Gasteiger partial charge < -0.3 is 26.5 Å². The molecule has 8 rings (SSSR count). The number of aromatic nitrogens is 2. The summed E-state index contributed by atoms with van der Waals surface area (Å²) in [7, 11) is 0. The summed E-state index contributed by atoms with van der Waals surface area (Å²) in [5.74, 6) is 2.11. The fourth-order valence-electron chi connectivity index (χ4n) is 7.29. The van der Waals surface area contributed by atoms with Crippen molar-refractivity contribution in [2.24, 2.45) is 0 Å². The zero-order chi connectivity index (χ0) is 38.7. The van der Waals surface area contributed by atoms with Crippen LogP contribution in [0.4, 0.5) is 11.4 Å². The van der Waals surface area contributed by atoms with Gasteiger partial charge in [0.15, 0.2) is 0 Å². The minimum atomic E-state index is -0.00939. The zero-order valence-electron chi connectivity index (χ0n) is 34.8. The first-order valence-corrected chi connectivity index (χ1v) is 19.2. The Balaban J connectivity index is 0.00000275. The van der Waals surface area contributed by atoms with Gasteiger partial charge in [-0.3, -0.25) is 0 Å². The van der Waals surface area contributed by atoms with E-state index in [1.54, 1.807) is 0 Å². The van der Waals surface area contributed by atoms with Crippen LogP contribution >= 0.6 is 0 Å². The van der Waals surface area contributed by atoms with E-state index in [9.17, 15) is 0 Å². The molecule has 0 unspecified atom stereocenters. The third-order valence-electron chi connectivity index (χ3n) is 10.6. The molecule has 5 aromatic carbocycles. The van der Waals surface area contributed by atoms with Gasteiger partial charge in [0.05, 0.1) is 12.4 Å². The van der Waals surface area contributed by atoms with Gasteiger partial charge in [0.25, 0.3) is 0 Å². The van der Waals surface area contributed by atoms with Gasteiger partial charge in [-0.1, -0.05) is 128 Å². The largest absolute Gasteiger partial charge is 0.509 e. The van der Waals surface area contributed by atoms with E-state index in [-0.39, 0.29) is 44.7 Å². The van der Waals surface area contributed by atoms with Crippen LogP contribution in [0.5, 0.6) is 11.5 Å². The third kappa shape index (κ3) is 8.32. The summed E-state index contributed by atoms with van der Waals surface area (Å²) in [6, 6.07) is 47.9. The van der Waals surface area contributed by atoms with Crippen LogP contribution in [0, 0.1) is 19.6 Å². The molecular formula is C51H53N4OPt-3. The number of para-hydroxylation sites is 1. The van der Waals surface area contributed by atoms with Crippen molar-refractivity contribution in [1.82, 2.24) is 9.55 Å². The first kappa shape index (κ1) is 41.5. The topological polar surface area (TPSA) is 33.5 Å². The van der Waals surface area contributed by atoms with Crippen LogP contribution in [0.1, 0.15) is 84.6 Å². The fraction of sp³-hybridized carbons (Fsp3) is 0.255. The monoisotopic (exact) mass is 932 g/mol. The Morgan fingerprint density at radius 2 is 1.26 bits per heavy atom. The van der Waals surface area contributed by atoms with Crippen LogP contribution in [0.3, 0.4) is 0 Å². The minimum Gasteiger partial charge on any atom is -0.509 e. The number of benzene rings is 5. The van der Waals surface area contributed by atoms with Gasteiger partial charge in [-0.05, 0) is 74.2 Å². The van der Waals surface area contributed by atoms with Crippen molar-refractivity contribution >= 4 is 38.9 Å². The van der Waals surface area contributed by atoms with Gasteiger partial charge in [-0.2, -0.15) is 12.1 Å². The maximum absolute atomic E-state index is 6.58. The summed E-state index contributed by atoms with van der Waals surface area (Å²) in [4.78, 5) is 9.51. The Labute approximate surface area is 354 Å². The quantitative estimate of drug-likeness (QED) is 0.156. The predicted molar refractivity (Wildman–Crippen MR) is 236 cm³/mol. The van der Waals surface area contributed by atoms with Gasteiger partial charge in [0.1, 0.15) is 5.82 Å². The number of nitrogens with zero attached hydrogens (tertiary/aromatic N) is 4. The molecule has 0 bridgehead atoms. The summed E-state index contributed by atoms with van der Waals surface area (Å²) >= 11 is 0. The Morgan fingerprint density at radius 3 is 1.95 bits per heavy atom. The van der Waals surface area contributed by atoms with Crippen molar-refractivity contribution in [3.63, 3.8) is 0 Å². The van der Waals surface area contributed by atoms with Crippen molar-refractivity contribution in [2.45, 2.75) is 78.6 Å². The number of rotatable bonds is 6. The molecule has 0 fully saturated rings. The Kier molecular flexibility index (Phi) is 11.4. The molecule has 5 nitrogen and oxygen atoms in total. The van der Waals surface area contributed by atoms with Crippen LogP contribution in [0.2, 0.25) is 0 Å². The van der Waals surface area contributed by atoms with Crippen LogP contribution in [-0.2, 0) is 37.3 Å². The second-order valence-electron chi connectivity index (χ2n) is 17.8. The van der Waals surface area contributed by atoms with Gasteiger partial charge in [0, 0.05) is 56.2 Å². The van der Waals surface area contributed by atoms with Crippen molar-refractivity contribution in [2.75, 3.05) is 16.5 Å².